The van der Waals surface area contributed by atoms with Crippen LogP contribution in [0.2, 0.25) is 0 Å². The minimum absolute atomic E-state index is 0.394. The monoisotopic (exact) mass is 149 g/mol. The van der Waals surface area contributed by atoms with E-state index in [1.54, 1.807) is 6.08 Å². The fraction of sp³-hybridized carbons (Fsp3) is 0.143. The van der Waals surface area contributed by atoms with Crippen molar-refractivity contribution in [2.45, 2.75) is 0 Å². The van der Waals surface area contributed by atoms with Crippen LogP contribution in [0.25, 0.3) is 0 Å². The molecule has 0 amide bonds. The second-order valence-corrected chi connectivity index (χ2v) is 2.40. The van der Waals surface area contributed by atoms with Crippen LogP contribution in [0.15, 0.2) is 22.7 Å². The number of allylic oxidation sites excluding steroid dienone is 2. The Morgan fingerprint density at radius 1 is 1.80 bits per heavy atom. The van der Waals surface area contributed by atoms with Gasteiger partial charge in [0, 0.05) is 11.1 Å². The summed E-state index contributed by atoms with van der Waals surface area (Å²) >= 11 is 1.50. The largest absolute Gasteiger partial charge is 0.404 e. The Morgan fingerprint density at radius 3 is 2.70 bits per heavy atom. The molecule has 1 nitrogen and oxygen atoms in total. The number of terminal acetylenes is 1. The number of hydrogen-bond acceptors (Lipinski definition) is 2. The molecular weight excluding hydrogens is 141 g/mol. The predicted octanol–water partition coefficient (Wildman–Crippen LogP) is 0.835. The minimum atomic E-state index is 0.394. The molecule has 0 saturated heterocycles. The van der Waals surface area contributed by atoms with Crippen LogP contribution in [0.3, 0.4) is 0 Å². The van der Waals surface area contributed by atoms with Gasteiger partial charge in [-0.25, -0.2) is 0 Å². The first kappa shape index (κ1) is 9.25. The van der Waals surface area contributed by atoms with Crippen LogP contribution in [0.1, 0.15) is 0 Å². The van der Waals surface area contributed by atoms with Crippen LogP contribution in [0, 0.1) is 12.3 Å². The standard InChI is InChI=1S/C7H8BNS/c1-3-6(8)4-7(5-9)10-2/h1,4-5H,9H2,2H3/b6-4+,7-5+. The van der Waals surface area contributed by atoms with Gasteiger partial charge in [0.25, 0.3) is 0 Å². The second kappa shape index (κ2) is 5.07. The van der Waals surface area contributed by atoms with Gasteiger partial charge in [-0.15, -0.1) is 18.2 Å². The third-order valence-electron chi connectivity index (χ3n) is 0.864. The second-order valence-electron chi connectivity index (χ2n) is 1.52. The van der Waals surface area contributed by atoms with Crippen molar-refractivity contribution in [3.05, 3.63) is 22.7 Å². The Balaban J connectivity index is 4.26. The van der Waals surface area contributed by atoms with Crippen LogP contribution in [0.4, 0.5) is 0 Å². The molecule has 0 aromatic carbocycles. The molecular formula is C7H8BNS. The zero-order valence-corrected chi connectivity index (χ0v) is 6.61. The molecule has 2 radical (unpaired) electrons. The van der Waals surface area contributed by atoms with Crippen LogP contribution >= 0.6 is 11.8 Å². The van der Waals surface area contributed by atoms with Crippen molar-refractivity contribution in [2.75, 3.05) is 6.26 Å². The molecule has 0 aromatic rings. The first-order valence-electron chi connectivity index (χ1n) is 2.64. The highest BCUT2D eigenvalue weighted by atomic mass is 32.2. The molecule has 3 heteroatoms. The molecule has 0 heterocycles. The highest BCUT2D eigenvalue weighted by molar-refractivity contribution is 8.02. The molecule has 0 bridgehead atoms. The lowest BCUT2D eigenvalue weighted by molar-refractivity contribution is 1.58. The van der Waals surface area contributed by atoms with Crippen LogP contribution in [-0.4, -0.2) is 14.1 Å². The zero-order valence-electron chi connectivity index (χ0n) is 5.79. The molecule has 0 rings (SSSR count). The van der Waals surface area contributed by atoms with Gasteiger partial charge in [0.1, 0.15) is 7.85 Å². The van der Waals surface area contributed by atoms with E-state index in [1.807, 2.05) is 6.26 Å². The number of hydrogen-bond donors (Lipinski definition) is 1. The Labute approximate surface area is 67.2 Å². The van der Waals surface area contributed by atoms with Crippen LogP contribution in [-0.2, 0) is 0 Å². The van der Waals surface area contributed by atoms with Crippen molar-refractivity contribution in [1.29, 1.82) is 0 Å². The van der Waals surface area contributed by atoms with E-state index in [1.165, 1.54) is 18.0 Å². The average Bonchev–Trinajstić information content (AvgIpc) is 1.99. The maximum absolute atomic E-state index is 5.34. The molecule has 0 aliphatic rings. The third-order valence-corrected chi connectivity index (χ3v) is 1.59. The van der Waals surface area contributed by atoms with Crippen molar-refractivity contribution < 1.29 is 0 Å². The van der Waals surface area contributed by atoms with Gasteiger partial charge in [-0.1, -0.05) is 5.92 Å². The highest BCUT2D eigenvalue weighted by Gasteiger charge is 1.87. The van der Waals surface area contributed by atoms with Crippen molar-refractivity contribution in [3.8, 4) is 12.3 Å². The van der Waals surface area contributed by atoms with E-state index in [9.17, 15) is 0 Å². The summed E-state index contributed by atoms with van der Waals surface area (Å²) in [4.78, 5) is 0.871. The van der Waals surface area contributed by atoms with E-state index in [0.29, 0.717) is 5.47 Å². The molecule has 0 aliphatic carbocycles. The van der Waals surface area contributed by atoms with E-state index in [0.717, 1.165) is 4.91 Å². The van der Waals surface area contributed by atoms with Gasteiger partial charge in [-0.3, -0.25) is 0 Å². The summed E-state index contributed by atoms with van der Waals surface area (Å²) in [6.07, 6.45) is 10.0. The Bertz CT molecular complexity index is 200. The Morgan fingerprint density at radius 2 is 2.40 bits per heavy atom. The average molecular weight is 149 g/mol. The molecule has 10 heavy (non-hydrogen) atoms. The lowest BCUT2D eigenvalue weighted by Crippen LogP contribution is -1.83. The molecule has 0 fully saturated rings. The summed E-state index contributed by atoms with van der Waals surface area (Å²) in [5, 5.41) is 0. The van der Waals surface area contributed by atoms with Gasteiger partial charge in [0.2, 0.25) is 0 Å². The van der Waals surface area contributed by atoms with Crippen LogP contribution < -0.4 is 5.73 Å². The maximum atomic E-state index is 5.34. The van der Waals surface area contributed by atoms with Gasteiger partial charge in [0.05, 0.1) is 0 Å². The molecule has 0 saturated carbocycles. The normalized spacial score (nSPS) is 12.8. The molecule has 50 valence electrons. The maximum Gasteiger partial charge on any atom is 0.126 e. The molecule has 0 atom stereocenters. The number of rotatable bonds is 2. The summed E-state index contributed by atoms with van der Waals surface area (Å²) in [5.41, 5.74) is 5.63. The summed E-state index contributed by atoms with van der Waals surface area (Å²) in [5.74, 6) is 2.29. The van der Waals surface area contributed by atoms with Crippen LogP contribution in [0.5, 0.6) is 0 Å². The quantitative estimate of drug-likeness (QED) is 0.357. The Hall–Kier alpha value is -0.745. The molecule has 0 unspecified atom stereocenters. The Kier molecular flexibility index (Phi) is 4.69. The lowest BCUT2D eigenvalue weighted by atomic mass is 9.96. The summed E-state index contributed by atoms with van der Waals surface area (Å²) < 4.78 is 0. The minimum Gasteiger partial charge on any atom is -0.404 e. The van der Waals surface area contributed by atoms with E-state index in [2.05, 4.69) is 5.92 Å². The SMILES string of the molecule is [B]/C(C#C)=C/C(=C\N)SC. The molecule has 0 aliphatic heterocycles. The van der Waals surface area contributed by atoms with Crippen molar-refractivity contribution in [1.82, 2.24) is 0 Å². The van der Waals surface area contributed by atoms with E-state index in [4.69, 9.17) is 20.0 Å². The lowest BCUT2D eigenvalue weighted by Gasteiger charge is -1.93. The zero-order chi connectivity index (χ0) is 7.98. The summed E-state index contributed by atoms with van der Waals surface area (Å²) in [6, 6.07) is 0. The van der Waals surface area contributed by atoms with Gasteiger partial charge < -0.3 is 5.73 Å². The predicted molar refractivity (Wildman–Crippen MR) is 48.5 cm³/mol. The van der Waals surface area contributed by atoms with Gasteiger partial charge in [0.15, 0.2) is 0 Å². The van der Waals surface area contributed by atoms with E-state index >= 15 is 0 Å². The third kappa shape index (κ3) is 3.31. The first-order valence-corrected chi connectivity index (χ1v) is 3.86. The number of thioether (sulfide) groups is 1. The topological polar surface area (TPSA) is 26.0 Å². The smallest absolute Gasteiger partial charge is 0.126 e. The van der Waals surface area contributed by atoms with Gasteiger partial charge in [-0.2, -0.15) is 0 Å². The van der Waals surface area contributed by atoms with E-state index < -0.39 is 0 Å². The fourth-order valence-electron chi connectivity index (χ4n) is 0.370. The van der Waals surface area contributed by atoms with E-state index in [-0.39, 0.29) is 0 Å². The van der Waals surface area contributed by atoms with Crippen molar-refractivity contribution >= 4 is 19.6 Å². The van der Waals surface area contributed by atoms with Crippen molar-refractivity contribution in [2.24, 2.45) is 5.73 Å². The number of nitrogens with two attached hydrogens (primary N) is 1. The first-order chi connectivity index (χ1) is 4.74. The summed E-state index contributed by atoms with van der Waals surface area (Å²) in [7, 11) is 5.34. The fourth-order valence-corrected chi connectivity index (χ4v) is 0.751. The molecule has 0 spiro atoms. The summed E-state index contributed by atoms with van der Waals surface area (Å²) in [6.45, 7) is 0. The van der Waals surface area contributed by atoms with Gasteiger partial charge >= 0.3 is 0 Å². The van der Waals surface area contributed by atoms with Crippen molar-refractivity contribution in [3.63, 3.8) is 0 Å². The van der Waals surface area contributed by atoms with Gasteiger partial charge in [-0.05, 0) is 17.8 Å². The highest BCUT2D eigenvalue weighted by Crippen LogP contribution is 2.11. The molecule has 0 aromatic heterocycles. The molecule has 2 N–H and O–H groups in total.